The maximum Gasteiger partial charge on any atom is 0.472 e. The van der Waals surface area contributed by atoms with Gasteiger partial charge in [-0.15, -0.1) is 0 Å². The molecule has 0 aromatic heterocycles. The number of quaternary nitrogens is 1. The van der Waals surface area contributed by atoms with E-state index in [1.165, 1.54) is 14.0 Å². The van der Waals surface area contributed by atoms with Gasteiger partial charge in [-0.2, -0.15) is 0 Å². The first-order valence-corrected chi connectivity index (χ1v) is 7.64. The SMILES string of the molecule is CO[C@H](COC(C)=O)COP(=O)(O)OCC[N+](C)(C)C. The minimum Gasteiger partial charge on any atom is -0.463 e. The van der Waals surface area contributed by atoms with Crippen molar-refractivity contribution in [2.24, 2.45) is 0 Å². The summed E-state index contributed by atoms with van der Waals surface area (Å²) in [5.74, 6) is -0.460. The highest BCUT2D eigenvalue weighted by molar-refractivity contribution is 7.47. The molecule has 0 aliphatic heterocycles. The summed E-state index contributed by atoms with van der Waals surface area (Å²) in [6, 6.07) is 0. The van der Waals surface area contributed by atoms with Crippen LogP contribution in [-0.4, -0.2) is 76.1 Å². The lowest BCUT2D eigenvalue weighted by Gasteiger charge is -2.24. The molecule has 1 unspecified atom stereocenters. The molecule has 8 nitrogen and oxygen atoms in total. The van der Waals surface area contributed by atoms with Crippen molar-refractivity contribution in [2.45, 2.75) is 13.0 Å². The number of rotatable bonds is 10. The zero-order valence-corrected chi connectivity index (χ0v) is 13.6. The molecule has 0 saturated heterocycles. The summed E-state index contributed by atoms with van der Waals surface area (Å²) in [6.07, 6.45) is -0.624. The Balaban J connectivity index is 4.05. The van der Waals surface area contributed by atoms with E-state index in [1.807, 2.05) is 21.1 Å². The second kappa shape index (κ2) is 8.71. The topological polar surface area (TPSA) is 91.3 Å². The molecule has 2 atom stereocenters. The van der Waals surface area contributed by atoms with Crippen LogP contribution in [0.15, 0.2) is 0 Å². The molecule has 0 aromatic carbocycles. The van der Waals surface area contributed by atoms with Crippen LogP contribution in [0.1, 0.15) is 6.92 Å². The van der Waals surface area contributed by atoms with Crippen LogP contribution in [0.3, 0.4) is 0 Å². The molecule has 0 amide bonds. The van der Waals surface area contributed by atoms with E-state index < -0.39 is 19.9 Å². The molecular formula is C11H25NO7P+. The molecule has 0 saturated carbocycles. The van der Waals surface area contributed by atoms with E-state index in [0.717, 1.165) is 0 Å². The Morgan fingerprint density at radius 2 is 1.85 bits per heavy atom. The van der Waals surface area contributed by atoms with Gasteiger partial charge in [0.15, 0.2) is 0 Å². The predicted octanol–water partition coefficient (Wildman–Crippen LogP) is 0.404. The van der Waals surface area contributed by atoms with Gasteiger partial charge in [0.05, 0.1) is 27.7 Å². The van der Waals surface area contributed by atoms with Gasteiger partial charge >= 0.3 is 13.8 Å². The molecule has 0 heterocycles. The number of carbonyl (C=O) groups excluding carboxylic acids is 1. The van der Waals surface area contributed by atoms with E-state index in [0.29, 0.717) is 11.0 Å². The molecule has 20 heavy (non-hydrogen) atoms. The molecule has 0 fully saturated rings. The first-order valence-electron chi connectivity index (χ1n) is 6.14. The number of nitrogens with zero attached hydrogens (tertiary/aromatic N) is 1. The van der Waals surface area contributed by atoms with Crippen LogP contribution in [0, 0.1) is 0 Å². The van der Waals surface area contributed by atoms with Crippen molar-refractivity contribution in [2.75, 3.05) is 54.6 Å². The number of methoxy groups -OCH3 is 1. The lowest BCUT2D eigenvalue weighted by molar-refractivity contribution is -0.870. The summed E-state index contributed by atoms with van der Waals surface area (Å²) >= 11 is 0. The molecule has 9 heteroatoms. The van der Waals surface area contributed by atoms with Gasteiger partial charge in [0.2, 0.25) is 0 Å². The summed E-state index contributed by atoms with van der Waals surface area (Å²) in [5.41, 5.74) is 0. The molecule has 0 rings (SSSR count). The van der Waals surface area contributed by atoms with Gasteiger partial charge in [-0.3, -0.25) is 13.8 Å². The van der Waals surface area contributed by atoms with Crippen LogP contribution in [-0.2, 0) is 27.9 Å². The lowest BCUT2D eigenvalue weighted by atomic mass is 10.4. The van der Waals surface area contributed by atoms with E-state index in [2.05, 4.69) is 0 Å². The van der Waals surface area contributed by atoms with Crippen molar-refractivity contribution < 1.29 is 37.3 Å². The second-order valence-electron chi connectivity index (χ2n) is 5.27. The zero-order valence-electron chi connectivity index (χ0n) is 12.7. The zero-order chi connectivity index (χ0) is 15.8. The van der Waals surface area contributed by atoms with Gasteiger partial charge in [-0.25, -0.2) is 4.57 Å². The highest BCUT2D eigenvalue weighted by Gasteiger charge is 2.24. The number of carbonyl (C=O) groups is 1. The van der Waals surface area contributed by atoms with Crippen molar-refractivity contribution in [1.82, 2.24) is 0 Å². The summed E-state index contributed by atoms with van der Waals surface area (Å²) in [7, 11) is 3.07. The molecule has 120 valence electrons. The highest BCUT2D eigenvalue weighted by atomic mass is 31.2. The average Bonchev–Trinajstić information content (AvgIpc) is 2.26. The van der Waals surface area contributed by atoms with E-state index in [4.69, 9.17) is 18.5 Å². The summed E-state index contributed by atoms with van der Waals surface area (Å²) in [6.45, 7) is 1.67. The molecule has 0 aliphatic rings. The van der Waals surface area contributed by atoms with Crippen LogP contribution in [0.2, 0.25) is 0 Å². The standard InChI is InChI=1S/C11H24NO7P/c1-10(13)17-8-11(16-5)9-19-20(14,15)18-7-6-12(2,3)4/h11H,6-9H2,1-5H3/p+1/t11-/m1/s1. The van der Waals surface area contributed by atoms with Crippen molar-refractivity contribution in [3.63, 3.8) is 0 Å². The molecule has 0 aromatic rings. The Kier molecular flexibility index (Phi) is 8.50. The Bertz CT molecular complexity index is 342. The van der Waals surface area contributed by atoms with Crippen LogP contribution in [0.5, 0.6) is 0 Å². The minimum atomic E-state index is -4.12. The molecule has 0 radical (unpaired) electrons. The van der Waals surface area contributed by atoms with E-state index >= 15 is 0 Å². The molecule has 0 spiro atoms. The third-order valence-corrected chi connectivity index (χ3v) is 3.23. The van der Waals surface area contributed by atoms with Gasteiger partial charge in [0.1, 0.15) is 25.9 Å². The fourth-order valence-corrected chi connectivity index (χ4v) is 1.78. The van der Waals surface area contributed by atoms with Gasteiger partial charge < -0.3 is 18.9 Å². The number of phosphoric acid groups is 1. The third-order valence-electron chi connectivity index (χ3n) is 2.25. The van der Waals surface area contributed by atoms with Crippen LogP contribution >= 0.6 is 7.82 Å². The Morgan fingerprint density at radius 3 is 2.30 bits per heavy atom. The quantitative estimate of drug-likeness (QED) is 0.354. The highest BCUT2D eigenvalue weighted by Crippen LogP contribution is 2.43. The summed E-state index contributed by atoms with van der Waals surface area (Å²) in [5, 5.41) is 0. The van der Waals surface area contributed by atoms with Crippen LogP contribution < -0.4 is 0 Å². The lowest BCUT2D eigenvalue weighted by Crippen LogP contribution is -2.37. The Labute approximate surface area is 119 Å². The minimum absolute atomic E-state index is 0.0509. The van der Waals surface area contributed by atoms with E-state index in [-0.39, 0.29) is 19.8 Å². The van der Waals surface area contributed by atoms with Crippen molar-refractivity contribution in [3.05, 3.63) is 0 Å². The largest absolute Gasteiger partial charge is 0.472 e. The second-order valence-corrected chi connectivity index (χ2v) is 6.73. The van der Waals surface area contributed by atoms with Gasteiger partial charge in [0.25, 0.3) is 0 Å². The van der Waals surface area contributed by atoms with Gasteiger partial charge in [-0.1, -0.05) is 0 Å². The molecule has 0 bridgehead atoms. The van der Waals surface area contributed by atoms with E-state index in [1.54, 1.807) is 0 Å². The monoisotopic (exact) mass is 314 g/mol. The Hall–Kier alpha value is -0.500. The number of hydrogen-bond acceptors (Lipinski definition) is 6. The molecular weight excluding hydrogens is 289 g/mol. The fraction of sp³-hybridized carbons (Fsp3) is 0.909. The van der Waals surface area contributed by atoms with Gasteiger partial charge in [0, 0.05) is 14.0 Å². The summed E-state index contributed by atoms with van der Waals surface area (Å²) < 4.78 is 31.5. The van der Waals surface area contributed by atoms with E-state index in [9.17, 15) is 14.3 Å². The third kappa shape index (κ3) is 11.3. The average molecular weight is 314 g/mol. The number of phosphoric ester groups is 1. The normalized spacial score (nSPS) is 16.5. The first kappa shape index (κ1) is 19.5. The Morgan fingerprint density at radius 1 is 1.25 bits per heavy atom. The smallest absolute Gasteiger partial charge is 0.463 e. The number of ether oxygens (including phenoxy) is 2. The molecule has 1 N–H and O–H groups in total. The number of likely N-dealkylation sites (N-methyl/N-ethyl adjacent to an activating group) is 1. The van der Waals surface area contributed by atoms with Crippen molar-refractivity contribution in [3.8, 4) is 0 Å². The summed E-state index contributed by atoms with van der Waals surface area (Å²) in [4.78, 5) is 20.1. The number of esters is 1. The number of hydrogen-bond donors (Lipinski definition) is 1. The van der Waals surface area contributed by atoms with Crippen molar-refractivity contribution >= 4 is 13.8 Å². The van der Waals surface area contributed by atoms with Gasteiger partial charge in [-0.05, 0) is 0 Å². The van der Waals surface area contributed by atoms with Crippen LogP contribution in [0.4, 0.5) is 0 Å². The molecule has 0 aliphatic carbocycles. The maximum atomic E-state index is 11.6. The maximum absolute atomic E-state index is 11.6. The predicted molar refractivity (Wildman–Crippen MR) is 72.1 cm³/mol. The fourth-order valence-electron chi connectivity index (χ4n) is 1.04. The van der Waals surface area contributed by atoms with Crippen LogP contribution in [0.25, 0.3) is 0 Å². The van der Waals surface area contributed by atoms with Crippen molar-refractivity contribution in [1.29, 1.82) is 0 Å². The first-order chi connectivity index (χ1) is 9.06.